The predicted octanol–water partition coefficient (Wildman–Crippen LogP) is 6.54. The molecule has 5 aromatic carbocycles. The van der Waals surface area contributed by atoms with Gasteiger partial charge in [-0.25, -0.2) is 8.78 Å². The Balaban J connectivity index is 1.41. The SMILES string of the molecule is COC1C2(CC3(C(=O)N(Cc4ccccc4)c4ccc(F)cc43)C1(O)c1ccccc1)C(=O)N(Cc1ccccc1)c1ccc(F)cc12. The van der Waals surface area contributed by atoms with E-state index in [0.717, 1.165) is 11.1 Å². The van der Waals surface area contributed by atoms with Crippen LogP contribution in [0.4, 0.5) is 20.2 Å². The van der Waals surface area contributed by atoms with Crippen molar-refractivity contribution in [1.82, 2.24) is 0 Å². The van der Waals surface area contributed by atoms with Crippen LogP contribution >= 0.6 is 0 Å². The fourth-order valence-corrected chi connectivity index (χ4v) is 8.60. The minimum atomic E-state index is -2.20. The first-order chi connectivity index (χ1) is 23.3. The Morgan fingerprint density at radius 2 is 1.17 bits per heavy atom. The number of halogens is 2. The van der Waals surface area contributed by atoms with Gasteiger partial charge in [-0.2, -0.15) is 0 Å². The second kappa shape index (κ2) is 10.9. The highest BCUT2D eigenvalue weighted by molar-refractivity contribution is 6.14. The molecule has 1 aliphatic carbocycles. The monoisotopic (exact) mass is 642 g/mol. The van der Waals surface area contributed by atoms with Gasteiger partial charge in [-0.05, 0) is 70.6 Å². The van der Waals surface area contributed by atoms with Crippen LogP contribution in [0.5, 0.6) is 0 Å². The molecule has 8 heteroatoms. The molecule has 240 valence electrons. The molecule has 1 fully saturated rings. The Bertz CT molecular complexity index is 2060. The van der Waals surface area contributed by atoms with E-state index >= 15 is 18.4 Å². The van der Waals surface area contributed by atoms with E-state index in [1.54, 1.807) is 52.3 Å². The molecule has 2 amide bonds. The van der Waals surface area contributed by atoms with Crippen molar-refractivity contribution in [2.45, 2.75) is 42.0 Å². The normalized spacial score (nSPS) is 25.7. The zero-order chi connectivity index (χ0) is 33.3. The van der Waals surface area contributed by atoms with E-state index in [1.165, 1.54) is 31.4 Å². The van der Waals surface area contributed by atoms with Crippen molar-refractivity contribution in [2.24, 2.45) is 0 Å². The molecule has 48 heavy (non-hydrogen) atoms. The van der Waals surface area contributed by atoms with Crippen molar-refractivity contribution in [3.63, 3.8) is 0 Å². The Morgan fingerprint density at radius 3 is 1.71 bits per heavy atom. The van der Waals surface area contributed by atoms with Crippen LogP contribution in [0.1, 0.15) is 34.2 Å². The average molecular weight is 643 g/mol. The van der Waals surface area contributed by atoms with E-state index in [0.29, 0.717) is 22.5 Å². The van der Waals surface area contributed by atoms with Gasteiger partial charge in [0.05, 0.1) is 13.1 Å². The van der Waals surface area contributed by atoms with Gasteiger partial charge in [-0.1, -0.05) is 91.0 Å². The van der Waals surface area contributed by atoms with Crippen molar-refractivity contribution < 1.29 is 28.2 Å². The first-order valence-electron chi connectivity index (χ1n) is 15.9. The number of nitrogens with zero attached hydrogens (tertiary/aromatic N) is 2. The van der Waals surface area contributed by atoms with E-state index in [2.05, 4.69) is 0 Å². The zero-order valence-electron chi connectivity index (χ0n) is 26.1. The van der Waals surface area contributed by atoms with Gasteiger partial charge < -0.3 is 19.6 Å². The lowest BCUT2D eigenvalue weighted by molar-refractivity contribution is -0.153. The molecule has 4 unspecified atom stereocenters. The average Bonchev–Trinajstić information content (AvgIpc) is 3.59. The number of hydrogen-bond acceptors (Lipinski definition) is 4. The zero-order valence-corrected chi connectivity index (χ0v) is 26.1. The van der Waals surface area contributed by atoms with Gasteiger partial charge in [-0.15, -0.1) is 0 Å². The Labute approximate surface area is 276 Å². The van der Waals surface area contributed by atoms with Gasteiger partial charge in [0.1, 0.15) is 34.2 Å². The second-order valence-corrected chi connectivity index (χ2v) is 12.9. The molecule has 5 aromatic rings. The van der Waals surface area contributed by atoms with Crippen LogP contribution in [-0.2, 0) is 43.8 Å². The molecule has 1 saturated carbocycles. The molecule has 0 bridgehead atoms. The first kappa shape index (κ1) is 30.2. The molecule has 6 nitrogen and oxygen atoms in total. The number of ether oxygens (including phenoxy) is 1. The number of fused-ring (bicyclic) bond motifs is 4. The predicted molar refractivity (Wildman–Crippen MR) is 177 cm³/mol. The summed E-state index contributed by atoms with van der Waals surface area (Å²) in [6, 6.07) is 35.7. The lowest BCUT2D eigenvalue weighted by atomic mass is 9.66. The smallest absolute Gasteiger partial charge is 0.241 e. The standard InChI is InChI=1S/C40H32F2N2O4/c1-48-35-38(31-21-29(41)17-19-33(31)43(36(38)45)23-26-11-5-2-6-12-26)25-39(40(35,47)28-15-9-4-10-16-28)32-22-30(42)18-20-34(32)44(37(39)46)24-27-13-7-3-8-14-27/h2-22,35,47H,23-25H2,1H3. The van der Waals surface area contributed by atoms with Gasteiger partial charge in [-0.3, -0.25) is 9.59 Å². The number of amides is 2. The molecule has 1 N–H and O–H groups in total. The summed E-state index contributed by atoms with van der Waals surface area (Å²) in [5.41, 5.74) is -2.37. The number of aliphatic hydroxyl groups is 1. The van der Waals surface area contributed by atoms with Gasteiger partial charge in [0, 0.05) is 18.5 Å². The maximum absolute atomic E-state index is 15.4. The molecule has 2 spiro atoms. The number of benzene rings is 5. The lowest BCUT2D eigenvalue weighted by Gasteiger charge is -2.42. The number of methoxy groups -OCH3 is 1. The van der Waals surface area contributed by atoms with E-state index in [1.807, 2.05) is 60.7 Å². The Hall–Kier alpha value is -5.18. The van der Waals surface area contributed by atoms with Crippen molar-refractivity contribution in [3.8, 4) is 0 Å². The molecule has 0 radical (unpaired) electrons. The summed E-state index contributed by atoms with van der Waals surface area (Å²) < 4.78 is 36.9. The van der Waals surface area contributed by atoms with E-state index in [4.69, 9.17) is 4.74 Å². The van der Waals surface area contributed by atoms with Gasteiger partial charge in [0.25, 0.3) is 0 Å². The maximum atomic E-state index is 15.4. The third-order valence-electron chi connectivity index (χ3n) is 10.5. The maximum Gasteiger partial charge on any atom is 0.241 e. The van der Waals surface area contributed by atoms with Gasteiger partial charge >= 0.3 is 0 Å². The summed E-state index contributed by atoms with van der Waals surface area (Å²) in [6.07, 6.45) is -1.66. The van der Waals surface area contributed by atoms with Gasteiger partial charge in [0.2, 0.25) is 11.8 Å². The summed E-state index contributed by atoms with van der Waals surface area (Å²) in [4.78, 5) is 33.7. The summed E-state index contributed by atoms with van der Waals surface area (Å²) >= 11 is 0. The van der Waals surface area contributed by atoms with Crippen molar-refractivity contribution >= 4 is 23.2 Å². The first-order valence-corrected chi connectivity index (χ1v) is 15.9. The number of anilines is 2. The Morgan fingerprint density at radius 1 is 0.688 bits per heavy atom. The molecule has 8 rings (SSSR count). The van der Waals surface area contributed by atoms with E-state index in [9.17, 15) is 5.11 Å². The lowest BCUT2D eigenvalue weighted by Crippen LogP contribution is -2.58. The van der Waals surface area contributed by atoms with Crippen LogP contribution in [0, 0.1) is 11.6 Å². The fraction of sp³-hybridized carbons (Fsp3) is 0.200. The number of rotatable bonds is 6. The summed E-state index contributed by atoms with van der Waals surface area (Å²) in [5.74, 6) is -2.10. The molecule has 0 aromatic heterocycles. The van der Waals surface area contributed by atoms with Crippen LogP contribution in [0.2, 0.25) is 0 Å². The summed E-state index contributed by atoms with van der Waals surface area (Å²) in [5, 5.41) is 13.5. The fourth-order valence-electron chi connectivity index (χ4n) is 8.60. The minimum Gasteiger partial charge on any atom is -0.381 e. The highest BCUT2D eigenvalue weighted by Crippen LogP contribution is 2.69. The molecular weight excluding hydrogens is 610 g/mol. The molecule has 4 atom stereocenters. The molecule has 2 heterocycles. The molecule has 2 aliphatic heterocycles. The van der Waals surface area contributed by atoms with Crippen molar-refractivity contribution in [3.05, 3.63) is 167 Å². The van der Waals surface area contributed by atoms with E-state index in [-0.39, 0.29) is 25.1 Å². The minimum absolute atomic E-state index is 0.148. The van der Waals surface area contributed by atoms with Crippen LogP contribution in [0.3, 0.4) is 0 Å². The largest absolute Gasteiger partial charge is 0.381 e. The highest BCUT2D eigenvalue weighted by atomic mass is 19.1. The van der Waals surface area contributed by atoms with Crippen LogP contribution in [0.15, 0.2) is 127 Å². The topological polar surface area (TPSA) is 70.1 Å². The molecular formula is C40H32F2N2O4. The summed E-state index contributed by atoms with van der Waals surface area (Å²) in [6.45, 7) is 0.321. The third kappa shape index (κ3) is 3.96. The van der Waals surface area contributed by atoms with E-state index < -0.39 is 46.0 Å². The van der Waals surface area contributed by atoms with Crippen LogP contribution < -0.4 is 9.80 Å². The highest BCUT2D eigenvalue weighted by Gasteiger charge is 2.80. The molecule has 3 aliphatic rings. The number of carbonyl (C=O) groups excluding carboxylic acids is 2. The van der Waals surface area contributed by atoms with Crippen LogP contribution in [-0.4, -0.2) is 30.1 Å². The number of carbonyl (C=O) groups is 2. The molecule has 0 saturated heterocycles. The van der Waals surface area contributed by atoms with Gasteiger partial charge in [0.15, 0.2) is 0 Å². The number of hydrogen-bond donors (Lipinski definition) is 1. The third-order valence-corrected chi connectivity index (χ3v) is 10.5. The quantitative estimate of drug-likeness (QED) is 0.229. The second-order valence-electron chi connectivity index (χ2n) is 12.9. The van der Waals surface area contributed by atoms with Crippen molar-refractivity contribution in [1.29, 1.82) is 0 Å². The Kier molecular flexibility index (Phi) is 6.87. The van der Waals surface area contributed by atoms with Crippen LogP contribution in [0.25, 0.3) is 0 Å². The van der Waals surface area contributed by atoms with Crippen molar-refractivity contribution in [2.75, 3.05) is 16.9 Å². The summed E-state index contributed by atoms with van der Waals surface area (Å²) in [7, 11) is 1.39.